The van der Waals surface area contributed by atoms with Gasteiger partial charge in [-0.15, -0.1) is 0 Å². The van der Waals surface area contributed by atoms with Crippen LogP contribution in [0.15, 0.2) is 23.1 Å². The third kappa shape index (κ3) is 2.36. The van der Waals surface area contributed by atoms with Crippen molar-refractivity contribution in [3.05, 3.63) is 23.8 Å². The summed E-state index contributed by atoms with van der Waals surface area (Å²) in [6.07, 6.45) is 0. The fourth-order valence-corrected chi connectivity index (χ4v) is 3.95. The van der Waals surface area contributed by atoms with Crippen molar-refractivity contribution in [2.45, 2.75) is 24.8 Å². The van der Waals surface area contributed by atoms with E-state index in [9.17, 15) is 8.42 Å². The minimum absolute atomic E-state index is 0.149. The minimum Gasteiger partial charge on any atom is -0.399 e. The van der Waals surface area contributed by atoms with Gasteiger partial charge in [-0.1, -0.05) is 6.07 Å². The summed E-state index contributed by atoms with van der Waals surface area (Å²) in [6.45, 7) is 4.87. The van der Waals surface area contributed by atoms with Gasteiger partial charge in [0, 0.05) is 18.3 Å². The van der Waals surface area contributed by atoms with Gasteiger partial charge in [-0.3, -0.25) is 0 Å². The van der Waals surface area contributed by atoms with Crippen molar-refractivity contribution in [1.29, 1.82) is 0 Å². The molecule has 18 heavy (non-hydrogen) atoms. The number of nitrogens with two attached hydrogens (primary N) is 1. The van der Waals surface area contributed by atoms with E-state index in [1.807, 2.05) is 6.92 Å². The molecule has 5 nitrogen and oxygen atoms in total. The number of benzene rings is 1. The second-order valence-electron chi connectivity index (χ2n) is 4.56. The van der Waals surface area contributed by atoms with Crippen molar-refractivity contribution in [3.8, 4) is 0 Å². The first-order chi connectivity index (χ1) is 8.43. The Bertz CT molecular complexity index is 542. The average molecular weight is 270 g/mol. The van der Waals surface area contributed by atoms with Crippen molar-refractivity contribution < 1.29 is 13.2 Å². The van der Waals surface area contributed by atoms with Crippen LogP contribution in [0.5, 0.6) is 0 Å². The van der Waals surface area contributed by atoms with E-state index >= 15 is 0 Å². The number of nitrogens with zero attached hydrogens (tertiary/aromatic N) is 1. The van der Waals surface area contributed by atoms with Crippen LogP contribution in [0.3, 0.4) is 0 Å². The summed E-state index contributed by atoms with van der Waals surface area (Å²) in [6, 6.07) is 4.81. The maximum atomic E-state index is 12.6. The first kappa shape index (κ1) is 13.3. The van der Waals surface area contributed by atoms with Crippen LogP contribution >= 0.6 is 0 Å². The topological polar surface area (TPSA) is 72.6 Å². The average Bonchev–Trinajstić information content (AvgIpc) is 2.32. The molecule has 1 aliphatic heterocycles. The molecule has 0 radical (unpaired) electrons. The number of anilines is 1. The molecule has 0 spiro atoms. The van der Waals surface area contributed by atoms with Gasteiger partial charge in [0.1, 0.15) is 0 Å². The molecule has 1 aromatic rings. The van der Waals surface area contributed by atoms with E-state index in [1.165, 1.54) is 10.4 Å². The second-order valence-corrected chi connectivity index (χ2v) is 6.42. The largest absolute Gasteiger partial charge is 0.399 e. The lowest BCUT2D eigenvalue weighted by atomic mass is 10.2. The summed E-state index contributed by atoms with van der Waals surface area (Å²) < 4.78 is 31.9. The van der Waals surface area contributed by atoms with Gasteiger partial charge in [-0.2, -0.15) is 4.31 Å². The molecule has 0 saturated carbocycles. The molecule has 2 rings (SSSR count). The SMILES string of the molecule is Cc1ccc(N)cc1S(=O)(=O)N1CCOC[C@H]1C. The van der Waals surface area contributed by atoms with Gasteiger partial charge in [0.2, 0.25) is 10.0 Å². The van der Waals surface area contributed by atoms with Gasteiger partial charge >= 0.3 is 0 Å². The van der Waals surface area contributed by atoms with Gasteiger partial charge in [0.25, 0.3) is 0 Å². The zero-order valence-corrected chi connectivity index (χ0v) is 11.4. The molecule has 0 aromatic heterocycles. The summed E-state index contributed by atoms with van der Waals surface area (Å²) >= 11 is 0. The van der Waals surface area contributed by atoms with E-state index < -0.39 is 10.0 Å². The number of sulfonamides is 1. The molecule has 6 heteroatoms. The highest BCUT2D eigenvalue weighted by Crippen LogP contribution is 2.25. The minimum atomic E-state index is -3.49. The van der Waals surface area contributed by atoms with Crippen LogP contribution in [-0.4, -0.2) is 38.5 Å². The predicted octanol–water partition coefficient (Wildman–Crippen LogP) is 0.987. The van der Waals surface area contributed by atoms with E-state index in [4.69, 9.17) is 10.5 Å². The van der Waals surface area contributed by atoms with E-state index in [2.05, 4.69) is 0 Å². The molecular formula is C12H18N2O3S. The molecule has 0 bridgehead atoms. The number of hydrogen-bond donors (Lipinski definition) is 1. The molecule has 1 aliphatic rings. The van der Waals surface area contributed by atoms with Crippen molar-refractivity contribution in [2.24, 2.45) is 0 Å². The Hall–Kier alpha value is -1.11. The first-order valence-corrected chi connectivity index (χ1v) is 7.32. The molecule has 2 N–H and O–H groups in total. The fourth-order valence-electron chi connectivity index (χ4n) is 2.09. The van der Waals surface area contributed by atoms with Gasteiger partial charge in [0.05, 0.1) is 18.1 Å². The maximum Gasteiger partial charge on any atom is 0.243 e. The van der Waals surface area contributed by atoms with Crippen LogP contribution in [0.25, 0.3) is 0 Å². The molecule has 0 aliphatic carbocycles. The van der Waals surface area contributed by atoms with Gasteiger partial charge in [0.15, 0.2) is 0 Å². The number of ether oxygens (including phenoxy) is 1. The summed E-state index contributed by atoms with van der Waals surface area (Å²) in [4.78, 5) is 0.288. The van der Waals surface area contributed by atoms with Crippen LogP contribution in [0.4, 0.5) is 5.69 Å². The third-order valence-corrected chi connectivity index (χ3v) is 5.26. The molecule has 0 amide bonds. The van der Waals surface area contributed by atoms with Crippen molar-refractivity contribution in [1.82, 2.24) is 4.31 Å². The monoisotopic (exact) mass is 270 g/mol. The second kappa shape index (κ2) is 4.87. The summed E-state index contributed by atoms with van der Waals surface area (Å²) in [5, 5.41) is 0. The Morgan fingerprint density at radius 1 is 1.44 bits per heavy atom. The predicted molar refractivity (Wildman–Crippen MR) is 69.8 cm³/mol. The molecule has 100 valence electrons. The van der Waals surface area contributed by atoms with Crippen LogP contribution in [-0.2, 0) is 14.8 Å². The standard InChI is InChI=1S/C12H18N2O3S/c1-9-3-4-11(13)7-12(9)18(15,16)14-5-6-17-8-10(14)2/h3-4,7,10H,5-6,8,13H2,1-2H3/t10-/m1/s1. The maximum absolute atomic E-state index is 12.6. The lowest BCUT2D eigenvalue weighted by Gasteiger charge is -2.32. The van der Waals surface area contributed by atoms with Crippen LogP contribution in [0, 0.1) is 6.92 Å². The van der Waals surface area contributed by atoms with E-state index in [1.54, 1.807) is 19.1 Å². The van der Waals surface area contributed by atoms with Crippen molar-refractivity contribution in [2.75, 3.05) is 25.5 Å². The molecule has 1 saturated heterocycles. The first-order valence-electron chi connectivity index (χ1n) is 5.88. The van der Waals surface area contributed by atoms with E-state index in [0.717, 1.165) is 0 Å². The number of morpholine rings is 1. The zero-order valence-electron chi connectivity index (χ0n) is 10.6. The van der Waals surface area contributed by atoms with Crippen LogP contribution in [0.2, 0.25) is 0 Å². The summed E-state index contributed by atoms with van der Waals surface area (Å²) in [7, 11) is -3.49. The molecule has 0 unspecified atom stereocenters. The lowest BCUT2D eigenvalue weighted by Crippen LogP contribution is -2.47. The normalized spacial score (nSPS) is 22.0. The molecule has 1 aromatic carbocycles. The Balaban J connectivity index is 2.44. The van der Waals surface area contributed by atoms with Crippen LogP contribution < -0.4 is 5.73 Å². The van der Waals surface area contributed by atoms with Crippen molar-refractivity contribution >= 4 is 15.7 Å². The smallest absolute Gasteiger partial charge is 0.243 e. The van der Waals surface area contributed by atoms with Crippen LogP contribution in [0.1, 0.15) is 12.5 Å². The van der Waals surface area contributed by atoms with Gasteiger partial charge in [-0.25, -0.2) is 8.42 Å². The highest BCUT2D eigenvalue weighted by Gasteiger charge is 2.32. The zero-order chi connectivity index (χ0) is 13.3. The number of hydrogen-bond acceptors (Lipinski definition) is 4. The Morgan fingerprint density at radius 3 is 2.83 bits per heavy atom. The number of aryl methyl sites for hydroxylation is 1. The van der Waals surface area contributed by atoms with Gasteiger partial charge in [-0.05, 0) is 31.5 Å². The highest BCUT2D eigenvalue weighted by atomic mass is 32.2. The molecule has 1 fully saturated rings. The number of rotatable bonds is 2. The van der Waals surface area contributed by atoms with Gasteiger partial charge < -0.3 is 10.5 Å². The van der Waals surface area contributed by atoms with Crippen molar-refractivity contribution in [3.63, 3.8) is 0 Å². The third-order valence-electron chi connectivity index (χ3n) is 3.11. The molecule has 1 atom stereocenters. The summed E-state index contributed by atoms with van der Waals surface area (Å²) in [5.74, 6) is 0. The Labute approximate surface area is 108 Å². The Morgan fingerprint density at radius 2 is 2.17 bits per heavy atom. The lowest BCUT2D eigenvalue weighted by molar-refractivity contribution is 0.0392. The highest BCUT2D eigenvalue weighted by molar-refractivity contribution is 7.89. The van der Waals surface area contributed by atoms with E-state index in [0.29, 0.717) is 31.0 Å². The number of nitrogen functional groups attached to an aromatic ring is 1. The quantitative estimate of drug-likeness (QED) is 0.813. The van der Waals surface area contributed by atoms with E-state index in [-0.39, 0.29) is 10.9 Å². The fraction of sp³-hybridized carbons (Fsp3) is 0.500. The Kier molecular flexibility index (Phi) is 3.61. The summed E-state index contributed by atoms with van der Waals surface area (Å²) in [5.41, 5.74) is 6.85. The molecular weight excluding hydrogens is 252 g/mol. The molecule has 1 heterocycles.